The molecule has 1 aromatic heterocycles. The fourth-order valence-corrected chi connectivity index (χ4v) is 3.06. The van der Waals surface area contributed by atoms with E-state index in [4.69, 9.17) is 4.74 Å². The molecule has 28 heavy (non-hydrogen) atoms. The Morgan fingerprint density at radius 3 is 2.64 bits per heavy atom. The lowest BCUT2D eigenvalue weighted by Crippen LogP contribution is -2.14. The van der Waals surface area contributed by atoms with Gasteiger partial charge >= 0.3 is 5.51 Å². The molecule has 3 rings (SSSR count). The minimum Gasteiger partial charge on any atom is -0.497 e. The minimum absolute atomic E-state index is 0.130. The maximum absolute atomic E-state index is 12.8. The molecule has 8 heteroatoms. The Kier molecular flexibility index (Phi) is 5.89. The molecule has 1 amide bonds. The highest BCUT2D eigenvalue weighted by Crippen LogP contribution is 2.35. The summed E-state index contributed by atoms with van der Waals surface area (Å²) in [5.74, 6) is -0.247. The van der Waals surface area contributed by atoms with Crippen molar-refractivity contribution in [3.8, 4) is 5.75 Å². The van der Waals surface area contributed by atoms with Gasteiger partial charge in [-0.3, -0.25) is 9.78 Å². The third-order valence-corrected chi connectivity index (χ3v) is 4.44. The van der Waals surface area contributed by atoms with Gasteiger partial charge in [0.2, 0.25) is 0 Å². The van der Waals surface area contributed by atoms with Crippen LogP contribution in [0.2, 0.25) is 0 Å². The number of benzene rings is 2. The molecule has 0 bridgehead atoms. The van der Waals surface area contributed by atoms with Crippen LogP contribution in [0.5, 0.6) is 5.75 Å². The molecule has 3 aromatic rings. The zero-order valence-electron chi connectivity index (χ0n) is 14.7. The van der Waals surface area contributed by atoms with Crippen LogP contribution in [-0.2, 0) is 4.79 Å². The van der Waals surface area contributed by atoms with Gasteiger partial charge < -0.3 is 10.1 Å². The van der Waals surface area contributed by atoms with E-state index in [1.54, 1.807) is 42.6 Å². The molecule has 0 atom stereocenters. The van der Waals surface area contributed by atoms with Crippen molar-refractivity contribution >= 4 is 39.8 Å². The second-order valence-corrected chi connectivity index (χ2v) is 6.60. The fraction of sp³-hybridized carbons (Fsp3) is 0.100. The van der Waals surface area contributed by atoms with E-state index in [1.165, 1.54) is 13.2 Å². The highest BCUT2D eigenvalue weighted by atomic mass is 32.2. The van der Waals surface area contributed by atoms with Gasteiger partial charge in [0.15, 0.2) is 0 Å². The van der Waals surface area contributed by atoms with Crippen LogP contribution in [0.1, 0.15) is 5.56 Å². The van der Waals surface area contributed by atoms with Crippen LogP contribution in [0, 0.1) is 0 Å². The summed E-state index contributed by atoms with van der Waals surface area (Å²) in [6, 6.07) is 15.1. The molecule has 0 unspecified atom stereocenters. The van der Waals surface area contributed by atoms with Gasteiger partial charge in [0, 0.05) is 11.6 Å². The van der Waals surface area contributed by atoms with E-state index in [9.17, 15) is 18.0 Å². The van der Waals surface area contributed by atoms with Gasteiger partial charge in [-0.1, -0.05) is 30.3 Å². The van der Waals surface area contributed by atoms with Crippen molar-refractivity contribution in [2.75, 3.05) is 12.4 Å². The van der Waals surface area contributed by atoms with Crippen molar-refractivity contribution in [2.24, 2.45) is 0 Å². The normalized spacial score (nSPS) is 12.1. The third-order valence-electron chi connectivity index (χ3n) is 3.82. The number of nitrogens with zero attached hydrogens (tertiary/aromatic N) is 1. The number of nitrogens with one attached hydrogen (secondary N) is 1. The van der Waals surface area contributed by atoms with Crippen LogP contribution >= 0.6 is 11.8 Å². The number of fused-ring (bicyclic) bond motifs is 1. The summed E-state index contributed by atoms with van der Waals surface area (Å²) >= 11 is -0.387. The number of carbonyl (C=O) groups excluding carboxylic acids is 1. The molecule has 0 aliphatic heterocycles. The highest BCUT2D eigenvalue weighted by Gasteiger charge is 2.28. The number of hydrogen-bond acceptors (Lipinski definition) is 4. The Labute approximate surface area is 163 Å². The predicted octanol–water partition coefficient (Wildman–Crippen LogP) is 5.48. The molecule has 0 saturated heterocycles. The first-order valence-electron chi connectivity index (χ1n) is 8.11. The van der Waals surface area contributed by atoms with Gasteiger partial charge in [0.1, 0.15) is 5.75 Å². The monoisotopic (exact) mass is 404 g/mol. The molecular weight excluding hydrogens is 389 g/mol. The summed E-state index contributed by atoms with van der Waals surface area (Å²) < 4.78 is 43.3. The maximum Gasteiger partial charge on any atom is 0.445 e. The summed E-state index contributed by atoms with van der Waals surface area (Å²) in [4.78, 5) is 17.1. The first kappa shape index (κ1) is 19.8. The molecule has 2 aromatic carbocycles. The van der Waals surface area contributed by atoms with Crippen LogP contribution in [0.15, 0.2) is 66.2 Å². The minimum atomic E-state index is -4.51. The molecule has 0 aliphatic rings. The van der Waals surface area contributed by atoms with E-state index in [0.717, 1.165) is 10.8 Å². The Morgan fingerprint density at radius 2 is 1.89 bits per heavy atom. The van der Waals surface area contributed by atoms with Gasteiger partial charge in [-0.05, 0) is 47.0 Å². The van der Waals surface area contributed by atoms with Crippen molar-refractivity contribution in [3.63, 3.8) is 0 Å². The van der Waals surface area contributed by atoms with E-state index >= 15 is 0 Å². The fourth-order valence-electron chi connectivity index (χ4n) is 2.56. The maximum atomic E-state index is 12.8. The molecule has 0 aliphatic carbocycles. The number of rotatable bonds is 5. The van der Waals surface area contributed by atoms with E-state index in [0.29, 0.717) is 22.5 Å². The Bertz CT molecular complexity index is 1030. The number of aromatic nitrogens is 1. The number of methoxy groups -OCH3 is 1. The quantitative estimate of drug-likeness (QED) is 0.573. The number of alkyl halides is 3. The topological polar surface area (TPSA) is 51.2 Å². The number of amides is 1. The third kappa shape index (κ3) is 4.83. The molecule has 144 valence electrons. The Hall–Kier alpha value is -3.00. The highest BCUT2D eigenvalue weighted by molar-refractivity contribution is 8.03. The van der Waals surface area contributed by atoms with Gasteiger partial charge in [0.05, 0.1) is 23.9 Å². The van der Waals surface area contributed by atoms with Crippen LogP contribution in [0.3, 0.4) is 0 Å². The SMILES string of the molecule is COc1cccc(/C(=C/SC(F)(F)F)C(=O)Nc2cccc3cccnc23)c1. The Balaban J connectivity index is 1.98. The first-order chi connectivity index (χ1) is 13.4. The van der Waals surface area contributed by atoms with E-state index < -0.39 is 11.4 Å². The van der Waals surface area contributed by atoms with Crippen LogP contribution < -0.4 is 10.1 Å². The lowest BCUT2D eigenvalue weighted by molar-refractivity contribution is -0.111. The summed E-state index contributed by atoms with van der Waals surface area (Å²) in [6.07, 6.45) is 1.58. The molecule has 1 N–H and O–H groups in total. The van der Waals surface area contributed by atoms with Crippen molar-refractivity contribution in [1.29, 1.82) is 0 Å². The molecule has 4 nitrogen and oxygen atoms in total. The second kappa shape index (κ2) is 8.35. The number of thioether (sulfide) groups is 1. The Morgan fingerprint density at radius 1 is 1.14 bits per heavy atom. The predicted molar refractivity (Wildman–Crippen MR) is 105 cm³/mol. The molecule has 0 radical (unpaired) electrons. The number of pyridine rings is 1. The van der Waals surface area contributed by atoms with Crippen molar-refractivity contribution in [3.05, 3.63) is 71.8 Å². The molecule has 0 saturated carbocycles. The number of anilines is 1. The van der Waals surface area contributed by atoms with Gasteiger partial charge in [-0.25, -0.2) is 0 Å². The number of para-hydroxylation sites is 1. The summed E-state index contributed by atoms with van der Waals surface area (Å²) in [6.45, 7) is 0. The van der Waals surface area contributed by atoms with Crippen molar-refractivity contribution < 1.29 is 22.7 Å². The zero-order chi connectivity index (χ0) is 20.1. The largest absolute Gasteiger partial charge is 0.497 e. The first-order valence-corrected chi connectivity index (χ1v) is 8.99. The lowest BCUT2D eigenvalue weighted by Gasteiger charge is -2.12. The average molecular weight is 404 g/mol. The molecule has 0 spiro atoms. The molecule has 1 heterocycles. The smallest absolute Gasteiger partial charge is 0.445 e. The summed E-state index contributed by atoms with van der Waals surface area (Å²) in [5.41, 5.74) is -3.37. The number of halogens is 3. The summed E-state index contributed by atoms with van der Waals surface area (Å²) in [7, 11) is 1.44. The van der Waals surface area contributed by atoms with Crippen LogP contribution in [0.4, 0.5) is 18.9 Å². The van der Waals surface area contributed by atoms with E-state index in [2.05, 4.69) is 10.3 Å². The van der Waals surface area contributed by atoms with Gasteiger partial charge in [0.25, 0.3) is 5.91 Å². The number of ether oxygens (including phenoxy) is 1. The van der Waals surface area contributed by atoms with Gasteiger partial charge in [-0.15, -0.1) is 0 Å². The van der Waals surface area contributed by atoms with Crippen molar-refractivity contribution in [1.82, 2.24) is 4.98 Å². The summed E-state index contributed by atoms with van der Waals surface area (Å²) in [5, 5.41) is 4.26. The van der Waals surface area contributed by atoms with E-state index in [1.807, 2.05) is 12.1 Å². The average Bonchev–Trinajstić information content (AvgIpc) is 2.68. The molecular formula is C20H15F3N2O2S. The van der Waals surface area contributed by atoms with Crippen molar-refractivity contribution in [2.45, 2.75) is 5.51 Å². The second-order valence-electron chi connectivity index (χ2n) is 5.66. The lowest BCUT2D eigenvalue weighted by atomic mass is 10.1. The number of hydrogen-bond donors (Lipinski definition) is 1. The molecule has 0 fully saturated rings. The van der Waals surface area contributed by atoms with Gasteiger partial charge in [-0.2, -0.15) is 13.2 Å². The number of carbonyl (C=O) groups is 1. The van der Waals surface area contributed by atoms with Crippen LogP contribution in [-0.4, -0.2) is 23.5 Å². The van der Waals surface area contributed by atoms with Crippen LogP contribution in [0.25, 0.3) is 16.5 Å². The zero-order valence-corrected chi connectivity index (χ0v) is 15.5. The van der Waals surface area contributed by atoms with E-state index in [-0.39, 0.29) is 17.3 Å². The standard InChI is InChI=1S/C20H15F3N2O2S/c1-27-15-8-2-6-14(11-15)16(12-28-20(21,22)23)19(26)25-17-9-3-5-13-7-4-10-24-18(13)17/h2-12H,1H3,(H,25,26)/b16-12-.